The third-order valence-corrected chi connectivity index (χ3v) is 3.82. The van der Waals surface area contributed by atoms with Crippen LogP contribution in [-0.2, 0) is 13.2 Å². The van der Waals surface area contributed by atoms with Crippen LogP contribution in [0.15, 0.2) is 46.9 Å². The van der Waals surface area contributed by atoms with Crippen molar-refractivity contribution in [1.29, 1.82) is 0 Å². The fraction of sp³-hybridized carbons (Fsp3) is 0.294. The Morgan fingerprint density at radius 1 is 1.14 bits per heavy atom. The number of hydrogen-bond donors (Lipinski definition) is 1. The fourth-order valence-corrected chi connectivity index (χ4v) is 2.67. The second kappa shape index (κ2) is 8.42. The molecule has 0 atom stereocenters. The molecule has 0 aliphatic carbocycles. The Bertz CT molecular complexity index is 589. The van der Waals surface area contributed by atoms with Gasteiger partial charge in [0.2, 0.25) is 0 Å². The van der Waals surface area contributed by atoms with Crippen LogP contribution in [0, 0.1) is 0 Å². The van der Waals surface area contributed by atoms with E-state index in [1.165, 1.54) is 5.56 Å². The predicted octanol–water partition coefficient (Wildman–Crippen LogP) is 5.18. The van der Waals surface area contributed by atoms with E-state index < -0.39 is 0 Å². The normalized spacial score (nSPS) is 10.6. The molecule has 0 amide bonds. The monoisotopic (exact) mass is 367 g/mol. The first kappa shape index (κ1) is 16.3. The smallest absolute Gasteiger partial charge is 0.138 e. The van der Waals surface area contributed by atoms with Crippen LogP contribution in [0.3, 0.4) is 0 Å². The molecule has 1 N–H and O–H groups in total. The number of benzene rings is 2. The van der Waals surface area contributed by atoms with Crippen molar-refractivity contribution in [2.75, 3.05) is 6.54 Å². The van der Waals surface area contributed by atoms with E-state index in [9.17, 15) is 0 Å². The van der Waals surface area contributed by atoms with Gasteiger partial charge in [-0.05, 0) is 48.4 Å². The van der Waals surface area contributed by atoms with E-state index in [0.29, 0.717) is 11.6 Å². The van der Waals surface area contributed by atoms with E-state index in [0.717, 1.165) is 35.3 Å². The second-order valence-electron chi connectivity index (χ2n) is 4.86. The molecule has 0 heterocycles. The fourth-order valence-electron chi connectivity index (χ4n) is 1.97. The third kappa shape index (κ3) is 5.34. The lowest BCUT2D eigenvalue weighted by Gasteiger charge is -2.10. The molecule has 2 nitrogen and oxygen atoms in total. The molecule has 0 fully saturated rings. The standard InChI is InChI=1S/C17H19BrClNO/c1-2-8-20-11-13-6-7-17(16(19)10-13)21-12-14-4-3-5-15(18)9-14/h3-7,9-10,20H,2,8,11-12H2,1H3. The minimum Gasteiger partial charge on any atom is -0.487 e. The van der Waals surface area contributed by atoms with Crippen LogP contribution in [0.2, 0.25) is 5.02 Å². The van der Waals surface area contributed by atoms with Gasteiger partial charge in [0, 0.05) is 11.0 Å². The van der Waals surface area contributed by atoms with Crippen LogP contribution in [0.5, 0.6) is 5.75 Å². The second-order valence-corrected chi connectivity index (χ2v) is 6.18. The van der Waals surface area contributed by atoms with Gasteiger partial charge < -0.3 is 10.1 Å². The van der Waals surface area contributed by atoms with Crippen molar-refractivity contribution in [1.82, 2.24) is 5.32 Å². The maximum absolute atomic E-state index is 6.28. The molecule has 2 aromatic rings. The highest BCUT2D eigenvalue weighted by atomic mass is 79.9. The highest BCUT2D eigenvalue weighted by Gasteiger charge is 2.04. The number of nitrogens with one attached hydrogen (secondary N) is 1. The van der Waals surface area contributed by atoms with Gasteiger partial charge >= 0.3 is 0 Å². The van der Waals surface area contributed by atoms with E-state index in [1.807, 2.05) is 42.5 Å². The van der Waals surface area contributed by atoms with Gasteiger partial charge in [0.1, 0.15) is 12.4 Å². The van der Waals surface area contributed by atoms with Crippen LogP contribution >= 0.6 is 27.5 Å². The molecule has 0 bridgehead atoms. The zero-order chi connectivity index (χ0) is 15.1. The van der Waals surface area contributed by atoms with E-state index >= 15 is 0 Å². The topological polar surface area (TPSA) is 21.3 Å². The average Bonchev–Trinajstić information content (AvgIpc) is 2.47. The summed E-state index contributed by atoms with van der Waals surface area (Å²) in [5, 5.41) is 4.01. The Hall–Kier alpha value is -1.03. The lowest BCUT2D eigenvalue weighted by molar-refractivity contribution is 0.306. The number of rotatable bonds is 7. The summed E-state index contributed by atoms with van der Waals surface area (Å²) in [4.78, 5) is 0. The van der Waals surface area contributed by atoms with E-state index in [2.05, 4.69) is 28.2 Å². The van der Waals surface area contributed by atoms with Gasteiger partial charge in [-0.2, -0.15) is 0 Å². The molecule has 0 unspecified atom stereocenters. The van der Waals surface area contributed by atoms with Crippen LogP contribution in [0.1, 0.15) is 24.5 Å². The molecule has 0 radical (unpaired) electrons. The summed E-state index contributed by atoms with van der Waals surface area (Å²) in [6.45, 7) is 4.50. The van der Waals surface area contributed by atoms with Crippen molar-refractivity contribution >= 4 is 27.5 Å². The Kier molecular flexibility index (Phi) is 6.55. The summed E-state index contributed by atoms with van der Waals surface area (Å²) < 4.78 is 6.83. The summed E-state index contributed by atoms with van der Waals surface area (Å²) in [6, 6.07) is 14.0. The molecule has 112 valence electrons. The van der Waals surface area contributed by atoms with Crippen LogP contribution in [0.4, 0.5) is 0 Å². The van der Waals surface area contributed by atoms with Crippen LogP contribution in [0.25, 0.3) is 0 Å². The molecule has 2 rings (SSSR count). The van der Waals surface area contributed by atoms with Crippen molar-refractivity contribution in [3.8, 4) is 5.75 Å². The summed E-state index contributed by atoms with van der Waals surface area (Å²) in [5.74, 6) is 0.718. The lowest BCUT2D eigenvalue weighted by Crippen LogP contribution is -2.13. The Morgan fingerprint density at radius 3 is 2.71 bits per heavy atom. The maximum atomic E-state index is 6.28. The van der Waals surface area contributed by atoms with Crippen molar-refractivity contribution in [3.63, 3.8) is 0 Å². The van der Waals surface area contributed by atoms with Gasteiger partial charge in [-0.1, -0.05) is 52.7 Å². The minimum absolute atomic E-state index is 0.507. The number of ether oxygens (including phenoxy) is 1. The molecule has 0 aliphatic heterocycles. The largest absolute Gasteiger partial charge is 0.487 e. The van der Waals surface area contributed by atoms with E-state index in [1.54, 1.807) is 0 Å². The number of halogens is 2. The lowest BCUT2D eigenvalue weighted by atomic mass is 10.2. The van der Waals surface area contributed by atoms with Gasteiger partial charge in [0.15, 0.2) is 0 Å². The van der Waals surface area contributed by atoms with Gasteiger partial charge in [-0.15, -0.1) is 0 Å². The number of hydrogen-bond acceptors (Lipinski definition) is 2. The van der Waals surface area contributed by atoms with Crippen molar-refractivity contribution < 1.29 is 4.74 Å². The molecule has 4 heteroatoms. The third-order valence-electron chi connectivity index (χ3n) is 3.04. The maximum Gasteiger partial charge on any atom is 0.138 e. The van der Waals surface area contributed by atoms with Crippen molar-refractivity contribution in [2.24, 2.45) is 0 Å². The SMILES string of the molecule is CCCNCc1ccc(OCc2cccc(Br)c2)c(Cl)c1. The highest BCUT2D eigenvalue weighted by Crippen LogP contribution is 2.26. The minimum atomic E-state index is 0.507. The summed E-state index contributed by atoms with van der Waals surface area (Å²) >= 11 is 9.73. The molecule has 0 aliphatic rings. The average molecular weight is 369 g/mol. The molecule has 2 aromatic carbocycles. The molecular weight excluding hydrogens is 350 g/mol. The van der Waals surface area contributed by atoms with Gasteiger partial charge in [0.05, 0.1) is 5.02 Å². The Morgan fingerprint density at radius 2 is 2.00 bits per heavy atom. The van der Waals surface area contributed by atoms with Crippen LogP contribution < -0.4 is 10.1 Å². The summed E-state index contributed by atoms with van der Waals surface area (Å²) in [6.07, 6.45) is 1.13. The van der Waals surface area contributed by atoms with E-state index in [4.69, 9.17) is 16.3 Å². The molecule has 0 spiro atoms. The molecular formula is C17H19BrClNO. The first-order chi connectivity index (χ1) is 10.2. The Labute approximate surface area is 139 Å². The summed E-state index contributed by atoms with van der Waals surface area (Å²) in [7, 11) is 0. The van der Waals surface area contributed by atoms with E-state index in [-0.39, 0.29) is 0 Å². The van der Waals surface area contributed by atoms with Crippen LogP contribution in [-0.4, -0.2) is 6.54 Å². The summed E-state index contributed by atoms with van der Waals surface area (Å²) in [5.41, 5.74) is 2.28. The van der Waals surface area contributed by atoms with Gasteiger partial charge in [-0.25, -0.2) is 0 Å². The molecule has 0 saturated carbocycles. The Balaban J connectivity index is 1.94. The quantitative estimate of drug-likeness (QED) is 0.680. The highest BCUT2D eigenvalue weighted by molar-refractivity contribution is 9.10. The van der Waals surface area contributed by atoms with Gasteiger partial charge in [0.25, 0.3) is 0 Å². The first-order valence-corrected chi connectivity index (χ1v) is 8.22. The first-order valence-electron chi connectivity index (χ1n) is 7.05. The van der Waals surface area contributed by atoms with Crippen molar-refractivity contribution in [3.05, 3.63) is 63.1 Å². The molecule has 0 saturated heterocycles. The van der Waals surface area contributed by atoms with Gasteiger partial charge in [-0.3, -0.25) is 0 Å². The zero-order valence-electron chi connectivity index (χ0n) is 12.0. The van der Waals surface area contributed by atoms with Crippen molar-refractivity contribution in [2.45, 2.75) is 26.5 Å². The molecule has 21 heavy (non-hydrogen) atoms. The zero-order valence-corrected chi connectivity index (χ0v) is 14.4. The molecule has 0 aromatic heterocycles. The predicted molar refractivity (Wildman–Crippen MR) is 91.9 cm³/mol.